The minimum atomic E-state index is -0.427. The molecule has 0 atom stereocenters. The highest BCUT2D eigenvalue weighted by molar-refractivity contribution is 6.30. The average molecular weight is 279 g/mol. The van der Waals surface area contributed by atoms with Crippen LogP contribution >= 0.6 is 11.6 Å². The molecule has 0 aromatic heterocycles. The first-order valence-electron chi connectivity index (χ1n) is 5.76. The van der Waals surface area contributed by atoms with Gasteiger partial charge in [0.05, 0.1) is 6.61 Å². The van der Waals surface area contributed by atoms with E-state index in [-0.39, 0.29) is 12.4 Å². The van der Waals surface area contributed by atoms with Crippen LogP contribution in [0, 0.1) is 5.82 Å². The number of carbonyl (C=O) groups is 1. The summed E-state index contributed by atoms with van der Waals surface area (Å²) in [4.78, 5) is 11.7. The quantitative estimate of drug-likeness (QED) is 0.776. The molecule has 0 radical (unpaired) electrons. The Morgan fingerprint density at radius 2 is 1.89 bits per heavy atom. The van der Waals surface area contributed by atoms with Crippen molar-refractivity contribution in [3.8, 4) is 0 Å². The van der Waals surface area contributed by atoms with Crippen molar-refractivity contribution >= 4 is 17.4 Å². The van der Waals surface area contributed by atoms with Crippen LogP contribution in [0.3, 0.4) is 0 Å². The molecule has 0 spiro atoms. The van der Waals surface area contributed by atoms with Gasteiger partial charge in [-0.25, -0.2) is 4.39 Å². The first kappa shape index (κ1) is 13.7. The number of rotatable bonds is 5. The minimum Gasteiger partial charge on any atom is -0.369 e. The predicted molar refractivity (Wildman–Crippen MR) is 71.8 cm³/mol. The molecule has 4 heteroatoms. The third kappa shape index (κ3) is 4.16. The van der Waals surface area contributed by atoms with Crippen LogP contribution < -0.4 is 0 Å². The van der Waals surface area contributed by atoms with E-state index in [0.717, 1.165) is 5.56 Å². The molecule has 0 aliphatic rings. The summed E-state index contributed by atoms with van der Waals surface area (Å²) in [6, 6.07) is 12.7. The van der Waals surface area contributed by atoms with Gasteiger partial charge in [-0.2, -0.15) is 0 Å². The molecule has 0 saturated carbocycles. The van der Waals surface area contributed by atoms with E-state index in [2.05, 4.69) is 0 Å². The zero-order chi connectivity index (χ0) is 13.7. The second-order valence-corrected chi connectivity index (χ2v) is 4.49. The largest absolute Gasteiger partial charge is 0.369 e. The summed E-state index contributed by atoms with van der Waals surface area (Å²) in [6.07, 6.45) is 0. The average Bonchev–Trinajstić information content (AvgIpc) is 2.41. The van der Waals surface area contributed by atoms with Crippen LogP contribution in [0.25, 0.3) is 0 Å². The molecule has 0 unspecified atom stereocenters. The molecule has 0 N–H and O–H groups in total. The van der Waals surface area contributed by atoms with E-state index in [1.807, 2.05) is 12.1 Å². The van der Waals surface area contributed by atoms with Gasteiger partial charge in [0.2, 0.25) is 0 Å². The predicted octanol–water partition coefficient (Wildman–Crippen LogP) is 3.88. The molecular formula is C15H12ClFO2. The van der Waals surface area contributed by atoms with E-state index in [1.165, 1.54) is 18.2 Å². The maximum absolute atomic E-state index is 12.9. The van der Waals surface area contributed by atoms with Gasteiger partial charge in [0, 0.05) is 10.6 Å². The summed E-state index contributed by atoms with van der Waals surface area (Å²) in [5.41, 5.74) is 1.24. The molecule has 0 aliphatic heterocycles. The van der Waals surface area contributed by atoms with Gasteiger partial charge < -0.3 is 4.74 Å². The van der Waals surface area contributed by atoms with Gasteiger partial charge >= 0.3 is 0 Å². The van der Waals surface area contributed by atoms with Crippen molar-refractivity contribution in [2.75, 3.05) is 6.61 Å². The lowest BCUT2D eigenvalue weighted by molar-refractivity contribution is 0.0726. The SMILES string of the molecule is O=C(COCc1ccc(Cl)cc1)c1cccc(F)c1. The first-order valence-corrected chi connectivity index (χ1v) is 6.14. The summed E-state index contributed by atoms with van der Waals surface area (Å²) in [6.45, 7) is 0.240. The molecule has 2 aromatic rings. The molecule has 2 rings (SSSR count). The summed E-state index contributed by atoms with van der Waals surface area (Å²) in [5.74, 6) is -0.669. The first-order chi connectivity index (χ1) is 9.15. The van der Waals surface area contributed by atoms with Crippen LogP contribution in [-0.4, -0.2) is 12.4 Å². The molecule has 0 bridgehead atoms. The highest BCUT2D eigenvalue weighted by Crippen LogP contribution is 2.11. The second kappa shape index (κ2) is 6.45. The van der Waals surface area contributed by atoms with Gasteiger partial charge in [-0.3, -0.25) is 4.79 Å². The molecule has 0 aliphatic carbocycles. The van der Waals surface area contributed by atoms with Crippen LogP contribution in [0.2, 0.25) is 5.02 Å². The smallest absolute Gasteiger partial charge is 0.188 e. The van der Waals surface area contributed by atoms with Crippen molar-refractivity contribution in [1.82, 2.24) is 0 Å². The number of ether oxygens (including phenoxy) is 1. The molecule has 2 nitrogen and oxygen atoms in total. The number of hydrogen-bond donors (Lipinski definition) is 0. The fourth-order valence-corrected chi connectivity index (χ4v) is 1.71. The summed E-state index contributed by atoms with van der Waals surface area (Å²) >= 11 is 5.76. The van der Waals surface area contributed by atoms with E-state index in [1.54, 1.807) is 18.2 Å². The number of ketones is 1. The van der Waals surface area contributed by atoms with Crippen LogP contribution in [0.5, 0.6) is 0 Å². The second-order valence-electron chi connectivity index (χ2n) is 4.05. The van der Waals surface area contributed by atoms with Gasteiger partial charge in [-0.05, 0) is 29.8 Å². The number of Topliss-reactive ketones (excluding diaryl/α,β-unsaturated/α-hetero) is 1. The Balaban J connectivity index is 1.86. The molecule has 98 valence electrons. The third-order valence-corrected chi connectivity index (χ3v) is 2.81. The summed E-state index contributed by atoms with van der Waals surface area (Å²) in [7, 11) is 0. The van der Waals surface area contributed by atoms with Crippen molar-refractivity contribution < 1.29 is 13.9 Å². The molecule has 0 saturated heterocycles. The normalized spacial score (nSPS) is 10.4. The fraction of sp³-hybridized carbons (Fsp3) is 0.133. The lowest BCUT2D eigenvalue weighted by atomic mass is 10.1. The van der Waals surface area contributed by atoms with Crippen molar-refractivity contribution in [2.45, 2.75) is 6.61 Å². The Hall–Kier alpha value is -1.71. The Morgan fingerprint density at radius 3 is 2.58 bits per heavy atom. The van der Waals surface area contributed by atoms with Gasteiger partial charge in [0.1, 0.15) is 12.4 Å². The van der Waals surface area contributed by atoms with Gasteiger partial charge in [0.15, 0.2) is 5.78 Å². The topological polar surface area (TPSA) is 26.3 Å². The Kier molecular flexibility index (Phi) is 4.66. The number of carbonyl (C=O) groups excluding carboxylic acids is 1. The standard InChI is InChI=1S/C15H12ClFO2/c16-13-6-4-11(5-7-13)9-19-10-15(18)12-2-1-3-14(17)8-12/h1-8H,9-10H2. The van der Waals surface area contributed by atoms with E-state index in [0.29, 0.717) is 17.2 Å². The molecule has 19 heavy (non-hydrogen) atoms. The lowest BCUT2D eigenvalue weighted by Crippen LogP contribution is -2.09. The summed E-state index contributed by atoms with van der Waals surface area (Å²) in [5, 5.41) is 0.652. The Morgan fingerprint density at radius 1 is 1.16 bits per heavy atom. The number of halogens is 2. The van der Waals surface area contributed by atoms with E-state index in [9.17, 15) is 9.18 Å². The highest BCUT2D eigenvalue weighted by atomic mass is 35.5. The molecule has 0 fully saturated rings. The van der Waals surface area contributed by atoms with E-state index < -0.39 is 5.82 Å². The van der Waals surface area contributed by atoms with Crippen LogP contribution in [0.15, 0.2) is 48.5 Å². The zero-order valence-corrected chi connectivity index (χ0v) is 10.9. The molecule has 0 amide bonds. The Labute approximate surface area is 115 Å². The molecule has 0 heterocycles. The van der Waals surface area contributed by atoms with Gasteiger partial charge in [-0.15, -0.1) is 0 Å². The molecule has 2 aromatic carbocycles. The van der Waals surface area contributed by atoms with Crippen LogP contribution in [0.1, 0.15) is 15.9 Å². The van der Waals surface area contributed by atoms with Gasteiger partial charge in [0.25, 0.3) is 0 Å². The van der Waals surface area contributed by atoms with Crippen LogP contribution in [-0.2, 0) is 11.3 Å². The zero-order valence-electron chi connectivity index (χ0n) is 10.1. The number of benzene rings is 2. The van der Waals surface area contributed by atoms with Crippen molar-refractivity contribution in [3.63, 3.8) is 0 Å². The van der Waals surface area contributed by atoms with Crippen molar-refractivity contribution in [3.05, 3.63) is 70.5 Å². The summed E-state index contributed by atoms with van der Waals surface area (Å²) < 4.78 is 18.2. The highest BCUT2D eigenvalue weighted by Gasteiger charge is 2.06. The maximum Gasteiger partial charge on any atom is 0.188 e. The van der Waals surface area contributed by atoms with Crippen molar-refractivity contribution in [2.24, 2.45) is 0 Å². The van der Waals surface area contributed by atoms with Gasteiger partial charge in [-0.1, -0.05) is 35.9 Å². The fourth-order valence-electron chi connectivity index (χ4n) is 1.59. The van der Waals surface area contributed by atoms with E-state index in [4.69, 9.17) is 16.3 Å². The molecular weight excluding hydrogens is 267 g/mol. The van der Waals surface area contributed by atoms with Crippen molar-refractivity contribution in [1.29, 1.82) is 0 Å². The maximum atomic E-state index is 12.9. The third-order valence-electron chi connectivity index (χ3n) is 2.56. The Bertz CT molecular complexity index is 567. The monoisotopic (exact) mass is 278 g/mol. The van der Waals surface area contributed by atoms with Crippen LogP contribution in [0.4, 0.5) is 4.39 Å². The minimum absolute atomic E-state index is 0.0773. The lowest BCUT2D eigenvalue weighted by Gasteiger charge is -2.04. The van der Waals surface area contributed by atoms with E-state index >= 15 is 0 Å². The number of hydrogen-bond acceptors (Lipinski definition) is 2.